The summed E-state index contributed by atoms with van der Waals surface area (Å²) in [6.07, 6.45) is 8.36. The SMILES string of the molecule is C[C@@H]1CCCC[C@@H]1NC(=O)C[NH+]1CC=C(c2ccccc2)CC1. The molecule has 0 spiro atoms. The maximum absolute atomic E-state index is 12.3. The Hall–Kier alpha value is -1.61. The van der Waals surface area contributed by atoms with Gasteiger partial charge >= 0.3 is 0 Å². The van der Waals surface area contributed by atoms with E-state index in [-0.39, 0.29) is 5.91 Å². The van der Waals surface area contributed by atoms with Crippen LogP contribution in [0.5, 0.6) is 0 Å². The molecule has 1 fully saturated rings. The van der Waals surface area contributed by atoms with Gasteiger partial charge in [0, 0.05) is 12.5 Å². The highest BCUT2D eigenvalue weighted by molar-refractivity contribution is 5.77. The second-order valence-corrected chi connectivity index (χ2v) is 7.16. The second-order valence-electron chi connectivity index (χ2n) is 7.16. The van der Waals surface area contributed by atoms with Crippen molar-refractivity contribution in [3.8, 4) is 0 Å². The fourth-order valence-electron chi connectivity index (χ4n) is 3.87. The molecule has 0 saturated heterocycles. The summed E-state index contributed by atoms with van der Waals surface area (Å²) in [4.78, 5) is 13.7. The highest BCUT2D eigenvalue weighted by atomic mass is 16.2. The van der Waals surface area contributed by atoms with Crippen molar-refractivity contribution in [2.45, 2.75) is 45.1 Å². The molecule has 1 aliphatic heterocycles. The van der Waals surface area contributed by atoms with Crippen molar-refractivity contribution in [3.63, 3.8) is 0 Å². The molecule has 1 amide bonds. The summed E-state index contributed by atoms with van der Waals surface area (Å²) in [7, 11) is 0. The molecule has 23 heavy (non-hydrogen) atoms. The van der Waals surface area contributed by atoms with E-state index in [0.717, 1.165) is 25.9 Å². The molecule has 1 aliphatic carbocycles. The molecule has 3 rings (SSSR count). The zero-order valence-electron chi connectivity index (χ0n) is 14.2. The molecule has 1 unspecified atom stereocenters. The minimum absolute atomic E-state index is 0.232. The summed E-state index contributed by atoms with van der Waals surface area (Å²) in [5, 5.41) is 3.28. The van der Waals surface area contributed by atoms with E-state index in [2.05, 4.69) is 48.6 Å². The summed E-state index contributed by atoms with van der Waals surface area (Å²) in [5.41, 5.74) is 2.75. The van der Waals surface area contributed by atoms with Gasteiger partial charge < -0.3 is 10.2 Å². The van der Waals surface area contributed by atoms with Crippen molar-refractivity contribution in [3.05, 3.63) is 42.0 Å². The van der Waals surface area contributed by atoms with Crippen molar-refractivity contribution in [2.75, 3.05) is 19.6 Å². The van der Waals surface area contributed by atoms with Gasteiger partial charge in [0.15, 0.2) is 6.54 Å². The molecule has 3 atom stereocenters. The number of carbonyl (C=O) groups excluding carboxylic acids is 1. The van der Waals surface area contributed by atoms with E-state index in [1.54, 1.807) is 0 Å². The molecule has 124 valence electrons. The first-order valence-corrected chi connectivity index (χ1v) is 9.10. The van der Waals surface area contributed by atoms with Gasteiger partial charge in [-0.25, -0.2) is 0 Å². The minimum atomic E-state index is 0.232. The number of amides is 1. The Kier molecular flexibility index (Phi) is 5.50. The number of nitrogens with one attached hydrogen (secondary N) is 2. The van der Waals surface area contributed by atoms with Gasteiger partial charge in [0.1, 0.15) is 0 Å². The summed E-state index contributed by atoms with van der Waals surface area (Å²) >= 11 is 0. The first kappa shape index (κ1) is 16.3. The largest absolute Gasteiger partial charge is 0.348 e. The summed E-state index contributed by atoms with van der Waals surface area (Å²) < 4.78 is 0. The molecule has 1 heterocycles. The molecule has 2 aliphatic rings. The Morgan fingerprint density at radius 1 is 1.22 bits per heavy atom. The van der Waals surface area contributed by atoms with Crippen molar-refractivity contribution in [2.24, 2.45) is 5.92 Å². The first-order chi connectivity index (χ1) is 11.2. The van der Waals surface area contributed by atoms with Crippen LogP contribution in [0, 0.1) is 5.92 Å². The van der Waals surface area contributed by atoms with Gasteiger partial charge in [-0.3, -0.25) is 4.79 Å². The molecule has 1 saturated carbocycles. The van der Waals surface area contributed by atoms with Gasteiger partial charge in [-0.2, -0.15) is 0 Å². The number of quaternary nitrogens is 1. The normalized spacial score (nSPS) is 28.0. The Labute approximate surface area is 139 Å². The Morgan fingerprint density at radius 2 is 2.00 bits per heavy atom. The monoisotopic (exact) mass is 313 g/mol. The highest BCUT2D eigenvalue weighted by Crippen LogP contribution is 2.23. The van der Waals surface area contributed by atoms with E-state index in [0.29, 0.717) is 18.5 Å². The molecule has 0 aromatic heterocycles. The van der Waals surface area contributed by atoms with Crippen LogP contribution in [0.1, 0.15) is 44.6 Å². The average molecular weight is 313 g/mol. The van der Waals surface area contributed by atoms with Crippen molar-refractivity contribution in [1.29, 1.82) is 0 Å². The fraction of sp³-hybridized carbons (Fsp3) is 0.550. The minimum Gasteiger partial charge on any atom is -0.348 e. The zero-order chi connectivity index (χ0) is 16.1. The van der Waals surface area contributed by atoms with Crippen LogP contribution in [0.2, 0.25) is 0 Å². The van der Waals surface area contributed by atoms with E-state index in [4.69, 9.17) is 0 Å². The average Bonchev–Trinajstić information content (AvgIpc) is 2.58. The third kappa shape index (κ3) is 4.44. The van der Waals surface area contributed by atoms with Crippen LogP contribution in [0.4, 0.5) is 0 Å². The summed E-state index contributed by atoms with van der Waals surface area (Å²) in [5.74, 6) is 0.865. The van der Waals surface area contributed by atoms with Crippen LogP contribution < -0.4 is 10.2 Å². The van der Waals surface area contributed by atoms with E-state index < -0.39 is 0 Å². The van der Waals surface area contributed by atoms with Crippen LogP contribution in [-0.4, -0.2) is 31.6 Å². The van der Waals surface area contributed by atoms with Crippen LogP contribution in [0.3, 0.4) is 0 Å². The lowest BCUT2D eigenvalue weighted by Gasteiger charge is -2.30. The molecule has 3 heteroatoms. The molecule has 2 N–H and O–H groups in total. The maximum Gasteiger partial charge on any atom is 0.275 e. The first-order valence-electron chi connectivity index (χ1n) is 9.10. The van der Waals surface area contributed by atoms with Crippen molar-refractivity contribution >= 4 is 11.5 Å². The number of hydrogen-bond donors (Lipinski definition) is 2. The standard InChI is InChI=1S/C20H28N2O/c1-16-7-5-6-10-19(16)21-20(23)15-22-13-11-18(12-14-22)17-8-3-2-4-9-17/h2-4,8-9,11,16,19H,5-7,10,12-15H2,1H3,(H,21,23)/p+1/t16-,19+/m1/s1. The third-order valence-corrected chi connectivity index (χ3v) is 5.40. The summed E-state index contributed by atoms with van der Waals surface area (Å²) in [6, 6.07) is 11.0. The molecule has 0 radical (unpaired) electrons. The van der Waals surface area contributed by atoms with E-state index >= 15 is 0 Å². The molecular weight excluding hydrogens is 284 g/mol. The smallest absolute Gasteiger partial charge is 0.275 e. The Balaban J connectivity index is 1.48. The molecule has 1 aromatic rings. The number of rotatable bonds is 4. The Bertz CT molecular complexity index is 552. The van der Waals surface area contributed by atoms with E-state index in [1.807, 2.05) is 0 Å². The lowest BCUT2D eigenvalue weighted by Crippen LogP contribution is -3.13. The molecule has 1 aromatic carbocycles. The van der Waals surface area contributed by atoms with Crippen LogP contribution in [-0.2, 0) is 4.79 Å². The topological polar surface area (TPSA) is 33.5 Å². The highest BCUT2D eigenvalue weighted by Gasteiger charge is 2.25. The number of benzene rings is 1. The van der Waals surface area contributed by atoms with Crippen LogP contribution >= 0.6 is 0 Å². The predicted molar refractivity (Wildman–Crippen MR) is 94.2 cm³/mol. The van der Waals surface area contributed by atoms with Gasteiger partial charge in [-0.05, 0) is 36.0 Å². The fourth-order valence-corrected chi connectivity index (χ4v) is 3.87. The lowest BCUT2D eigenvalue weighted by atomic mass is 9.86. The summed E-state index contributed by atoms with van der Waals surface area (Å²) in [6.45, 7) is 4.89. The maximum atomic E-state index is 12.3. The quantitative estimate of drug-likeness (QED) is 0.876. The van der Waals surface area contributed by atoms with Gasteiger partial charge in [-0.15, -0.1) is 0 Å². The lowest BCUT2D eigenvalue weighted by molar-refractivity contribution is -0.886. The second kappa shape index (κ2) is 7.78. The van der Waals surface area contributed by atoms with Crippen LogP contribution in [0.25, 0.3) is 5.57 Å². The van der Waals surface area contributed by atoms with E-state index in [9.17, 15) is 4.79 Å². The van der Waals surface area contributed by atoms with E-state index in [1.165, 1.54) is 35.3 Å². The Morgan fingerprint density at radius 3 is 2.70 bits per heavy atom. The predicted octanol–water partition coefficient (Wildman–Crippen LogP) is 2.05. The van der Waals surface area contributed by atoms with Crippen molar-refractivity contribution in [1.82, 2.24) is 5.32 Å². The molecule has 0 bridgehead atoms. The third-order valence-electron chi connectivity index (χ3n) is 5.40. The zero-order valence-corrected chi connectivity index (χ0v) is 14.2. The van der Waals surface area contributed by atoms with Gasteiger partial charge in [0.2, 0.25) is 0 Å². The molecular formula is C20H29N2O+. The van der Waals surface area contributed by atoms with Crippen LogP contribution in [0.15, 0.2) is 36.4 Å². The number of hydrogen-bond acceptors (Lipinski definition) is 1. The molecule has 3 nitrogen and oxygen atoms in total. The van der Waals surface area contributed by atoms with Gasteiger partial charge in [-0.1, -0.05) is 50.1 Å². The van der Waals surface area contributed by atoms with Crippen molar-refractivity contribution < 1.29 is 9.69 Å². The van der Waals surface area contributed by atoms with Gasteiger partial charge in [0.25, 0.3) is 5.91 Å². The number of carbonyl (C=O) groups is 1. The van der Waals surface area contributed by atoms with Gasteiger partial charge in [0.05, 0.1) is 13.1 Å².